The van der Waals surface area contributed by atoms with Crippen LogP contribution >= 0.6 is 0 Å². The van der Waals surface area contributed by atoms with Gasteiger partial charge in [0, 0.05) is 6.07 Å². The van der Waals surface area contributed by atoms with Gasteiger partial charge >= 0.3 is 0 Å². The number of phenols is 1. The van der Waals surface area contributed by atoms with Gasteiger partial charge in [0.15, 0.2) is 0 Å². The van der Waals surface area contributed by atoms with Crippen LogP contribution in [0.4, 0.5) is 11.4 Å². The molecule has 2 rings (SSSR count). The number of ether oxygens (including phenoxy) is 1. The average molecular weight is 266 g/mol. The Morgan fingerprint density at radius 1 is 1.53 bits per heavy atom. The molecule has 1 aliphatic heterocycles. The number of hydrogen-bond donors (Lipinski definition) is 2. The Bertz CT molecular complexity index is 517. The quantitative estimate of drug-likeness (QED) is 0.493. The summed E-state index contributed by atoms with van der Waals surface area (Å²) >= 11 is 0. The lowest BCUT2D eigenvalue weighted by Crippen LogP contribution is -2.27. The fourth-order valence-corrected chi connectivity index (χ4v) is 1.95. The standard InChI is InChI=1S/C12H14N2O5/c1-7-2-5-11(19-7)12(16)13-9-4-3-8(14(17)18)6-10(9)15/h3-4,6-7,11,15H,2,5H2,1H3,(H,13,16). The van der Waals surface area contributed by atoms with Gasteiger partial charge in [0.1, 0.15) is 11.9 Å². The van der Waals surface area contributed by atoms with E-state index in [9.17, 15) is 20.0 Å². The summed E-state index contributed by atoms with van der Waals surface area (Å²) in [5, 5.41) is 22.6. The number of nitro benzene ring substituents is 1. The molecule has 19 heavy (non-hydrogen) atoms. The van der Waals surface area contributed by atoms with Gasteiger partial charge in [0.25, 0.3) is 11.6 Å². The van der Waals surface area contributed by atoms with Crippen molar-refractivity contribution in [2.45, 2.75) is 32.0 Å². The van der Waals surface area contributed by atoms with E-state index in [0.717, 1.165) is 12.5 Å². The van der Waals surface area contributed by atoms with Crippen molar-refractivity contribution in [3.63, 3.8) is 0 Å². The predicted octanol–water partition coefficient (Wildman–Crippen LogP) is 1.81. The van der Waals surface area contributed by atoms with Crippen molar-refractivity contribution in [2.75, 3.05) is 5.32 Å². The monoisotopic (exact) mass is 266 g/mol. The molecule has 0 aliphatic carbocycles. The number of benzene rings is 1. The molecule has 1 aromatic carbocycles. The van der Waals surface area contributed by atoms with E-state index < -0.39 is 11.0 Å². The number of non-ortho nitro benzene ring substituents is 1. The largest absolute Gasteiger partial charge is 0.506 e. The number of anilines is 1. The van der Waals surface area contributed by atoms with E-state index >= 15 is 0 Å². The molecule has 2 atom stereocenters. The second-order valence-electron chi connectivity index (χ2n) is 4.46. The van der Waals surface area contributed by atoms with Gasteiger partial charge in [0.05, 0.1) is 22.8 Å². The van der Waals surface area contributed by atoms with Gasteiger partial charge in [-0.05, 0) is 25.8 Å². The zero-order valence-electron chi connectivity index (χ0n) is 10.3. The number of nitrogens with zero attached hydrogens (tertiary/aromatic N) is 1. The van der Waals surface area contributed by atoms with Gasteiger partial charge in [0.2, 0.25) is 0 Å². The van der Waals surface area contributed by atoms with Gasteiger partial charge in [-0.3, -0.25) is 14.9 Å². The second kappa shape index (κ2) is 5.23. The van der Waals surface area contributed by atoms with Gasteiger partial charge in [-0.1, -0.05) is 0 Å². The fraction of sp³-hybridized carbons (Fsp3) is 0.417. The Hall–Kier alpha value is -2.15. The van der Waals surface area contributed by atoms with E-state index in [4.69, 9.17) is 4.74 Å². The highest BCUT2D eigenvalue weighted by Crippen LogP contribution is 2.29. The smallest absolute Gasteiger partial charge is 0.273 e. The minimum absolute atomic E-state index is 0.0428. The van der Waals surface area contributed by atoms with E-state index in [2.05, 4.69) is 5.32 Å². The predicted molar refractivity (Wildman–Crippen MR) is 67.0 cm³/mol. The lowest BCUT2D eigenvalue weighted by Gasteiger charge is -2.12. The molecule has 0 spiro atoms. The molecule has 7 nitrogen and oxygen atoms in total. The Kier molecular flexibility index (Phi) is 3.66. The Labute approximate surface area is 109 Å². The van der Waals surface area contributed by atoms with Crippen LogP contribution in [-0.4, -0.2) is 28.1 Å². The van der Waals surface area contributed by atoms with Gasteiger partial charge < -0.3 is 15.2 Å². The molecule has 102 valence electrons. The van der Waals surface area contributed by atoms with Crippen LogP contribution in [0.1, 0.15) is 19.8 Å². The number of amides is 1. The van der Waals surface area contributed by atoms with E-state index in [-0.39, 0.29) is 29.1 Å². The number of nitrogens with one attached hydrogen (secondary N) is 1. The zero-order chi connectivity index (χ0) is 14.0. The number of aromatic hydroxyl groups is 1. The molecule has 0 aromatic heterocycles. The number of carbonyl (C=O) groups is 1. The molecule has 1 aliphatic rings. The molecule has 2 unspecified atom stereocenters. The molecule has 0 bridgehead atoms. The summed E-state index contributed by atoms with van der Waals surface area (Å²) in [6.45, 7) is 1.89. The van der Waals surface area contributed by atoms with Crippen molar-refractivity contribution in [3.8, 4) is 5.75 Å². The van der Waals surface area contributed by atoms with Crippen LogP contribution in [0.25, 0.3) is 0 Å². The molecular formula is C12H14N2O5. The van der Waals surface area contributed by atoms with Crippen LogP contribution in [0, 0.1) is 10.1 Å². The van der Waals surface area contributed by atoms with Crippen LogP contribution in [-0.2, 0) is 9.53 Å². The molecule has 1 aromatic rings. The molecule has 2 N–H and O–H groups in total. The number of phenolic OH excluding ortho intramolecular Hbond substituents is 1. The summed E-state index contributed by atoms with van der Waals surface area (Å²) in [5.41, 5.74) is -0.0972. The lowest BCUT2D eigenvalue weighted by molar-refractivity contribution is -0.384. The van der Waals surface area contributed by atoms with Crippen LogP contribution in [0.5, 0.6) is 5.75 Å². The molecular weight excluding hydrogens is 252 g/mol. The summed E-state index contributed by atoms with van der Waals surface area (Å²) in [5.74, 6) is -0.693. The highest BCUT2D eigenvalue weighted by molar-refractivity contribution is 5.95. The highest BCUT2D eigenvalue weighted by Gasteiger charge is 2.28. The molecule has 1 amide bonds. The van der Waals surface area contributed by atoms with Crippen molar-refractivity contribution in [2.24, 2.45) is 0 Å². The summed E-state index contributed by atoms with van der Waals surface area (Å²) < 4.78 is 5.40. The molecule has 1 heterocycles. The van der Waals surface area contributed by atoms with Crippen molar-refractivity contribution in [1.29, 1.82) is 0 Å². The summed E-state index contributed by atoms with van der Waals surface area (Å²) in [7, 11) is 0. The maximum Gasteiger partial charge on any atom is 0.273 e. The first-order valence-electron chi connectivity index (χ1n) is 5.91. The van der Waals surface area contributed by atoms with E-state index in [1.54, 1.807) is 0 Å². The number of hydrogen-bond acceptors (Lipinski definition) is 5. The van der Waals surface area contributed by atoms with Gasteiger partial charge in [-0.2, -0.15) is 0 Å². The maximum atomic E-state index is 11.9. The minimum Gasteiger partial charge on any atom is -0.506 e. The Morgan fingerprint density at radius 3 is 2.79 bits per heavy atom. The van der Waals surface area contributed by atoms with Crippen molar-refractivity contribution < 1.29 is 19.6 Å². The number of rotatable bonds is 3. The van der Waals surface area contributed by atoms with Gasteiger partial charge in [-0.15, -0.1) is 0 Å². The molecule has 0 radical (unpaired) electrons. The van der Waals surface area contributed by atoms with E-state index in [1.807, 2.05) is 6.92 Å². The third-order valence-corrected chi connectivity index (χ3v) is 2.97. The molecule has 1 fully saturated rings. The molecule has 1 saturated heterocycles. The fourth-order valence-electron chi connectivity index (χ4n) is 1.95. The van der Waals surface area contributed by atoms with Gasteiger partial charge in [-0.25, -0.2) is 0 Å². The summed E-state index contributed by atoms with van der Waals surface area (Å²) in [6, 6.07) is 3.50. The number of carbonyl (C=O) groups excluding carboxylic acids is 1. The van der Waals surface area contributed by atoms with E-state index in [0.29, 0.717) is 6.42 Å². The van der Waals surface area contributed by atoms with Crippen molar-refractivity contribution >= 4 is 17.3 Å². The first-order valence-corrected chi connectivity index (χ1v) is 5.91. The average Bonchev–Trinajstić information content (AvgIpc) is 2.78. The summed E-state index contributed by atoms with van der Waals surface area (Å²) in [4.78, 5) is 21.8. The van der Waals surface area contributed by atoms with Crippen LogP contribution < -0.4 is 5.32 Å². The Morgan fingerprint density at radius 2 is 2.26 bits per heavy atom. The van der Waals surface area contributed by atoms with E-state index in [1.165, 1.54) is 12.1 Å². The van der Waals surface area contributed by atoms with Crippen molar-refractivity contribution in [1.82, 2.24) is 0 Å². The van der Waals surface area contributed by atoms with Crippen LogP contribution in [0.3, 0.4) is 0 Å². The SMILES string of the molecule is CC1CCC(C(=O)Nc2ccc([N+](=O)[O-])cc2O)O1. The third-order valence-electron chi connectivity index (χ3n) is 2.97. The van der Waals surface area contributed by atoms with Crippen LogP contribution in [0.2, 0.25) is 0 Å². The second-order valence-corrected chi connectivity index (χ2v) is 4.46. The van der Waals surface area contributed by atoms with Crippen molar-refractivity contribution in [3.05, 3.63) is 28.3 Å². The number of nitro groups is 1. The summed E-state index contributed by atoms with van der Waals surface area (Å²) in [6.07, 6.45) is 0.941. The molecule has 7 heteroatoms. The maximum absolute atomic E-state index is 11.9. The first kappa shape index (κ1) is 13.3. The zero-order valence-corrected chi connectivity index (χ0v) is 10.3. The topological polar surface area (TPSA) is 102 Å². The Balaban J connectivity index is 2.07. The van der Waals surface area contributed by atoms with Crippen LogP contribution in [0.15, 0.2) is 18.2 Å². The third kappa shape index (κ3) is 3.00. The lowest BCUT2D eigenvalue weighted by atomic mass is 10.2. The normalized spacial score (nSPS) is 22.2. The minimum atomic E-state index is -0.618. The first-order chi connectivity index (χ1) is 8.97. The highest BCUT2D eigenvalue weighted by atomic mass is 16.6. The molecule has 0 saturated carbocycles.